The van der Waals surface area contributed by atoms with Crippen LogP contribution in [0.5, 0.6) is 0 Å². The van der Waals surface area contributed by atoms with Crippen LogP contribution in [0, 0.1) is 17.0 Å². The Bertz CT molecular complexity index is 531. The molecule has 0 aliphatic heterocycles. The van der Waals surface area contributed by atoms with Crippen LogP contribution in [0.25, 0.3) is 0 Å². The molecule has 8 heteroatoms. The minimum absolute atomic E-state index is 0.0245. The number of benzene rings is 1. The lowest BCUT2D eigenvalue weighted by molar-refractivity contribution is -0.384. The number of nitro benzene ring substituents is 1. The fourth-order valence-electron chi connectivity index (χ4n) is 1.23. The molecule has 0 fully saturated rings. The van der Waals surface area contributed by atoms with Gasteiger partial charge >= 0.3 is 5.97 Å². The zero-order chi connectivity index (χ0) is 14.4. The van der Waals surface area contributed by atoms with Gasteiger partial charge in [-0.2, -0.15) is 5.10 Å². The van der Waals surface area contributed by atoms with Crippen molar-refractivity contribution in [1.82, 2.24) is 0 Å². The summed E-state index contributed by atoms with van der Waals surface area (Å²) in [6.07, 6.45) is 0. The Hall–Kier alpha value is -2.15. The average molecular weight is 286 g/mol. The molecule has 7 nitrogen and oxygen atoms in total. The molecule has 0 unspecified atom stereocenters. The second-order valence-corrected chi connectivity index (χ2v) is 3.85. The van der Waals surface area contributed by atoms with E-state index in [9.17, 15) is 14.9 Å². The van der Waals surface area contributed by atoms with Gasteiger partial charge < -0.3 is 4.74 Å². The van der Waals surface area contributed by atoms with Gasteiger partial charge in [0.1, 0.15) is 0 Å². The maximum Gasteiger partial charge on any atom is 0.370 e. The fourth-order valence-corrected chi connectivity index (χ4v) is 1.33. The number of rotatable bonds is 5. The zero-order valence-corrected chi connectivity index (χ0v) is 11.1. The van der Waals surface area contributed by atoms with Crippen LogP contribution in [-0.2, 0) is 9.53 Å². The normalized spacial score (nSPS) is 11.0. The van der Waals surface area contributed by atoms with Crippen molar-refractivity contribution in [2.24, 2.45) is 5.10 Å². The van der Waals surface area contributed by atoms with E-state index in [0.717, 1.165) is 0 Å². The number of nitro groups is 1. The highest BCUT2D eigenvalue weighted by Crippen LogP contribution is 2.21. The molecule has 0 amide bonds. The highest BCUT2D eigenvalue weighted by molar-refractivity contribution is 6.82. The third kappa shape index (κ3) is 4.22. The number of carbonyl (C=O) groups is 1. The van der Waals surface area contributed by atoms with Gasteiger partial charge in [-0.15, -0.1) is 0 Å². The number of aryl methyl sites for hydroxylation is 1. The monoisotopic (exact) mass is 285 g/mol. The Labute approximate surface area is 114 Å². The fraction of sp³-hybridized carbons (Fsp3) is 0.273. The molecule has 0 saturated carbocycles. The van der Waals surface area contributed by atoms with E-state index in [4.69, 9.17) is 11.6 Å². The first-order valence-corrected chi connectivity index (χ1v) is 5.74. The van der Waals surface area contributed by atoms with Gasteiger partial charge in [0.05, 0.1) is 17.2 Å². The lowest BCUT2D eigenvalue weighted by Gasteiger charge is -2.05. The van der Waals surface area contributed by atoms with Crippen LogP contribution in [0.1, 0.15) is 12.5 Å². The standard InChI is InChI=1S/C11H12ClN3O4/c1-3-19-11(16)10(12)14-13-9-5-4-8(15(17)18)6-7(9)2/h4-6,13H,3H2,1-2H3/b14-10+. The number of anilines is 1. The molecular formula is C11H12ClN3O4. The summed E-state index contributed by atoms with van der Waals surface area (Å²) >= 11 is 5.60. The van der Waals surface area contributed by atoms with Crippen LogP contribution in [0.4, 0.5) is 11.4 Å². The Kier molecular flexibility index (Phi) is 5.25. The van der Waals surface area contributed by atoms with Gasteiger partial charge in [-0.3, -0.25) is 15.5 Å². The lowest BCUT2D eigenvalue weighted by atomic mass is 10.2. The SMILES string of the molecule is CCOC(=O)/C(Cl)=N\Nc1ccc([N+](=O)[O-])cc1C. The molecule has 102 valence electrons. The molecule has 0 saturated heterocycles. The molecule has 19 heavy (non-hydrogen) atoms. The molecule has 0 bridgehead atoms. The Morgan fingerprint density at radius 1 is 1.58 bits per heavy atom. The topological polar surface area (TPSA) is 93.8 Å². The number of non-ortho nitro benzene ring substituents is 1. The van der Waals surface area contributed by atoms with Crippen molar-refractivity contribution in [2.45, 2.75) is 13.8 Å². The van der Waals surface area contributed by atoms with Gasteiger partial charge in [0, 0.05) is 12.1 Å². The van der Waals surface area contributed by atoms with E-state index in [1.807, 2.05) is 0 Å². The number of nitrogens with zero attached hydrogens (tertiary/aromatic N) is 2. The molecule has 1 rings (SSSR count). The smallest absolute Gasteiger partial charge is 0.370 e. The summed E-state index contributed by atoms with van der Waals surface area (Å²) in [5.74, 6) is -0.740. The summed E-state index contributed by atoms with van der Waals surface area (Å²) < 4.78 is 4.64. The first kappa shape index (κ1) is 14.9. The number of nitrogens with one attached hydrogen (secondary N) is 1. The first-order valence-electron chi connectivity index (χ1n) is 5.37. The molecular weight excluding hydrogens is 274 g/mol. The van der Waals surface area contributed by atoms with Crippen LogP contribution in [-0.4, -0.2) is 22.7 Å². The number of ether oxygens (including phenoxy) is 1. The number of hydrogen-bond donors (Lipinski definition) is 1. The summed E-state index contributed by atoms with van der Waals surface area (Å²) in [5.41, 5.74) is 3.64. The zero-order valence-electron chi connectivity index (χ0n) is 10.3. The third-order valence-corrected chi connectivity index (χ3v) is 2.38. The van der Waals surface area contributed by atoms with Crippen molar-refractivity contribution in [1.29, 1.82) is 0 Å². The summed E-state index contributed by atoms with van der Waals surface area (Å²) in [7, 11) is 0. The molecule has 0 aromatic heterocycles. The molecule has 1 aromatic carbocycles. The largest absolute Gasteiger partial charge is 0.461 e. The van der Waals surface area contributed by atoms with Crippen molar-refractivity contribution in [3.63, 3.8) is 0 Å². The minimum atomic E-state index is -0.740. The van der Waals surface area contributed by atoms with E-state index >= 15 is 0 Å². The highest BCUT2D eigenvalue weighted by atomic mass is 35.5. The number of esters is 1. The summed E-state index contributed by atoms with van der Waals surface area (Å²) in [6, 6.07) is 4.19. The van der Waals surface area contributed by atoms with Gasteiger partial charge in [0.15, 0.2) is 0 Å². The second-order valence-electron chi connectivity index (χ2n) is 3.49. The van der Waals surface area contributed by atoms with Gasteiger partial charge in [-0.25, -0.2) is 4.79 Å². The van der Waals surface area contributed by atoms with E-state index in [1.165, 1.54) is 18.2 Å². The van der Waals surface area contributed by atoms with Crippen molar-refractivity contribution in [3.05, 3.63) is 33.9 Å². The van der Waals surface area contributed by atoms with E-state index < -0.39 is 10.9 Å². The Balaban J connectivity index is 2.81. The summed E-state index contributed by atoms with van der Waals surface area (Å²) in [4.78, 5) is 21.3. The number of carbonyl (C=O) groups excluding carboxylic acids is 1. The van der Waals surface area contributed by atoms with Crippen LogP contribution in [0.3, 0.4) is 0 Å². The quantitative estimate of drug-likeness (QED) is 0.388. The van der Waals surface area contributed by atoms with Gasteiger partial charge in [0.2, 0.25) is 5.17 Å². The number of hydrazone groups is 1. The van der Waals surface area contributed by atoms with E-state index in [2.05, 4.69) is 15.3 Å². The van der Waals surface area contributed by atoms with Gasteiger partial charge in [0.25, 0.3) is 5.69 Å². The molecule has 1 aromatic rings. The minimum Gasteiger partial charge on any atom is -0.461 e. The molecule has 0 aliphatic carbocycles. The molecule has 0 heterocycles. The molecule has 1 N–H and O–H groups in total. The molecule has 0 spiro atoms. The second kappa shape index (κ2) is 6.69. The van der Waals surface area contributed by atoms with Crippen LogP contribution >= 0.6 is 11.6 Å². The summed E-state index contributed by atoms with van der Waals surface area (Å²) in [5, 5.41) is 13.9. The van der Waals surface area contributed by atoms with Crippen molar-refractivity contribution < 1.29 is 14.5 Å². The molecule has 0 atom stereocenters. The number of halogens is 1. The molecule has 0 radical (unpaired) electrons. The predicted octanol–water partition coefficient (Wildman–Crippen LogP) is 2.43. The number of hydrogen-bond acceptors (Lipinski definition) is 6. The first-order chi connectivity index (χ1) is 8.95. The van der Waals surface area contributed by atoms with Crippen LogP contribution in [0.2, 0.25) is 0 Å². The van der Waals surface area contributed by atoms with Crippen molar-refractivity contribution in [2.75, 3.05) is 12.0 Å². The van der Waals surface area contributed by atoms with Gasteiger partial charge in [-0.1, -0.05) is 11.6 Å². The third-order valence-electron chi connectivity index (χ3n) is 2.14. The van der Waals surface area contributed by atoms with E-state index in [1.54, 1.807) is 13.8 Å². The Morgan fingerprint density at radius 2 is 2.26 bits per heavy atom. The maximum atomic E-state index is 11.2. The van der Waals surface area contributed by atoms with E-state index in [-0.39, 0.29) is 17.5 Å². The van der Waals surface area contributed by atoms with Crippen molar-refractivity contribution in [3.8, 4) is 0 Å². The Morgan fingerprint density at radius 3 is 2.79 bits per heavy atom. The van der Waals surface area contributed by atoms with Crippen LogP contribution in [0.15, 0.2) is 23.3 Å². The summed E-state index contributed by atoms with van der Waals surface area (Å²) in [6.45, 7) is 3.51. The maximum absolute atomic E-state index is 11.2. The van der Waals surface area contributed by atoms with Gasteiger partial charge in [-0.05, 0) is 25.5 Å². The van der Waals surface area contributed by atoms with Crippen LogP contribution < -0.4 is 5.43 Å². The lowest BCUT2D eigenvalue weighted by Crippen LogP contribution is -2.13. The average Bonchev–Trinajstić information content (AvgIpc) is 2.36. The highest BCUT2D eigenvalue weighted by Gasteiger charge is 2.10. The molecule has 0 aliphatic rings. The van der Waals surface area contributed by atoms with Crippen molar-refractivity contribution >= 4 is 34.1 Å². The van der Waals surface area contributed by atoms with E-state index in [0.29, 0.717) is 11.3 Å². The predicted molar refractivity (Wildman–Crippen MR) is 71.4 cm³/mol.